The van der Waals surface area contributed by atoms with Gasteiger partial charge in [0.1, 0.15) is 5.82 Å². The molecule has 0 saturated carbocycles. The fourth-order valence-electron chi connectivity index (χ4n) is 1.65. The Bertz CT molecular complexity index is 817. The van der Waals surface area contributed by atoms with Crippen molar-refractivity contribution in [3.05, 3.63) is 35.5 Å². The number of hydrogen-bond acceptors (Lipinski definition) is 8. The molecule has 0 atom stereocenters. The molecule has 3 N–H and O–H groups in total. The number of nitrogens with one attached hydrogen (secondary N) is 1. The van der Waals surface area contributed by atoms with Gasteiger partial charge in [0.2, 0.25) is 11.0 Å². The van der Waals surface area contributed by atoms with Crippen LogP contribution in [0.1, 0.15) is 0 Å². The van der Waals surface area contributed by atoms with Gasteiger partial charge in [-0.05, 0) is 24.3 Å². The minimum absolute atomic E-state index is 0.191. The number of nitrogens with zero attached hydrogens (tertiary/aromatic N) is 3. The maximum Gasteiger partial charge on any atom is 0.236 e. The smallest absolute Gasteiger partial charge is 0.236 e. The van der Waals surface area contributed by atoms with Crippen LogP contribution < -0.4 is 11.1 Å². The topological polar surface area (TPSA) is 93.8 Å². The van der Waals surface area contributed by atoms with Gasteiger partial charge >= 0.3 is 0 Å². The molecule has 0 unspecified atom stereocenters. The minimum atomic E-state index is -0.299. The number of thioether (sulfide) groups is 1. The van der Waals surface area contributed by atoms with Crippen molar-refractivity contribution in [3.63, 3.8) is 0 Å². The number of carbonyl (C=O) groups excluding carboxylic acids is 1. The Labute approximate surface area is 143 Å². The molecule has 2 aromatic heterocycles. The zero-order valence-electron chi connectivity index (χ0n) is 11.5. The quantitative estimate of drug-likeness (QED) is 0.673. The molecule has 0 aliphatic carbocycles. The molecule has 0 fully saturated rings. The predicted octanol–water partition coefficient (Wildman–Crippen LogP) is 3.11. The second-order valence-electron chi connectivity index (χ2n) is 4.29. The van der Waals surface area contributed by atoms with E-state index in [2.05, 4.69) is 20.5 Å². The zero-order chi connectivity index (χ0) is 16.2. The lowest BCUT2D eigenvalue weighted by Gasteiger charge is -1.99. The Morgan fingerprint density at radius 1 is 1.30 bits per heavy atom. The molecule has 23 heavy (non-hydrogen) atoms. The number of hydrogen-bond donors (Lipinski definition) is 2. The first-order valence-corrected chi connectivity index (χ1v) is 9.01. The van der Waals surface area contributed by atoms with E-state index >= 15 is 0 Å². The third-order valence-electron chi connectivity index (χ3n) is 2.64. The lowest BCUT2D eigenvalue weighted by molar-refractivity contribution is -0.113. The summed E-state index contributed by atoms with van der Waals surface area (Å²) < 4.78 is 13.6. The van der Waals surface area contributed by atoms with E-state index in [0.717, 1.165) is 5.56 Å². The van der Waals surface area contributed by atoms with Crippen molar-refractivity contribution < 1.29 is 9.18 Å². The molecular formula is C13H10FN5OS3. The molecule has 3 aromatic rings. The van der Waals surface area contributed by atoms with E-state index in [1.54, 1.807) is 17.5 Å². The predicted molar refractivity (Wildman–Crippen MR) is 91.2 cm³/mol. The maximum absolute atomic E-state index is 12.9. The standard InChI is InChI=1S/C13H10FN5OS3/c14-8-3-1-7(2-4-8)9-5-21-12(16-9)17-10(20)6-22-13-19-18-11(15)23-13/h1-5H,6H2,(H2,15,18)(H,16,17,20). The van der Waals surface area contributed by atoms with Gasteiger partial charge in [-0.25, -0.2) is 9.37 Å². The number of anilines is 2. The zero-order valence-corrected chi connectivity index (χ0v) is 14.0. The van der Waals surface area contributed by atoms with Gasteiger partial charge in [0.25, 0.3) is 0 Å². The lowest BCUT2D eigenvalue weighted by atomic mass is 10.2. The summed E-state index contributed by atoms with van der Waals surface area (Å²) in [7, 11) is 0. The van der Waals surface area contributed by atoms with E-state index in [1.807, 2.05) is 0 Å². The van der Waals surface area contributed by atoms with E-state index in [-0.39, 0.29) is 17.5 Å². The number of rotatable bonds is 5. The molecule has 2 heterocycles. The van der Waals surface area contributed by atoms with Gasteiger partial charge in [0.05, 0.1) is 11.4 Å². The number of halogens is 1. The highest BCUT2D eigenvalue weighted by molar-refractivity contribution is 8.01. The molecule has 0 spiro atoms. The van der Waals surface area contributed by atoms with Gasteiger partial charge in [-0.15, -0.1) is 21.5 Å². The second-order valence-corrected chi connectivity index (χ2v) is 7.38. The molecule has 10 heteroatoms. The van der Waals surface area contributed by atoms with E-state index in [0.29, 0.717) is 20.3 Å². The Morgan fingerprint density at radius 3 is 2.78 bits per heavy atom. The number of aromatic nitrogens is 3. The van der Waals surface area contributed by atoms with E-state index in [1.165, 1.54) is 46.6 Å². The van der Waals surface area contributed by atoms with Crippen molar-refractivity contribution >= 4 is 50.6 Å². The average molecular weight is 367 g/mol. The number of amides is 1. The third-order valence-corrected chi connectivity index (χ3v) is 5.28. The molecule has 6 nitrogen and oxygen atoms in total. The first-order chi connectivity index (χ1) is 11.1. The van der Waals surface area contributed by atoms with E-state index < -0.39 is 0 Å². The number of carbonyl (C=O) groups is 1. The Kier molecular flexibility index (Phi) is 4.84. The molecule has 0 bridgehead atoms. The van der Waals surface area contributed by atoms with Crippen molar-refractivity contribution in [1.82, 2.24) is 15.2 Å². The van der Waals surface area contributed by atoms with Gasteiger partial charge in [-0.2, -0.15) is 0 Å². The van der Waals surface area contributed by atoms with Crippen LogP contribution in [0.4, 0.5) is 14.7 Å². The Hall–Kier alpha value is -2.04. The highest BCUT2D eigenvalue weighted by Crippen LogP contribution is 2.26. The van der Waals surface area contributed by atoms with Crippen LogP contribution in [-0.2, 0) is 4.79 Å². The van der Waals surface area contributed by atoms with Crippen LogP contribution in [0.15, 0.2) is 34.0 Å². The van der Waals surface area contributed by atoms with Crippen LogP contribution in [-0.4, -0.2) is 26.8 Å². The largest absolute Gasteiger partial charge is 0.374 e. The van der Waals surface area contributed by atoms with Crippen LogP contribution in [0.3, 0.4) is 0 Å². The van der Waals surface area contributed by atoms with Crippen LogP contribution in [0, 0.1) is 5.82 Å². The van der Waals surface area contributed by atoms with Crippen molar-refractivity contribution in [1.29, 1.82) is 0 Å². The first-order valence-electron chi connectivity index (χ1n) is 6.33. The fraction of sp³-hybridized carbons (Fsp3) is 0.0769. The van der Waals surface area contributed by atoms with Gasteiger partial charge in [0, 0.05) is 10.9 Å². The second kappa shape index (κ2) is 7.02. The molecule has 1 amide bonds. The number of thiazole rings is 1. The maximum atomic E-state index is 12.9. The van der Waals surface area contributed by atoms with Crippen molar-refractivity contribution in [2.45, 2.75) is 4.34 Å². The normalized spacial score (nSPS) is 10.7. The molecule has 0 saturated heterocycles. The molecule has 118 valence electrons. The summed E-state index contributed by atoms with van der Waals surface area (Å²) in [4.78, 5) is 16.2. The van der Waals surface area contributed by atoms with Crippen LogP contribution in [0.25, 0.3) is 11.3 Å². The number of benzene rings is 1. The number of nitrogens with two attached hydrogens (primary N) is 1. The Balaban J connectivity index is 1.58. The highest BCUT2D eigenvalue weighted by Gasteiger charge is 2.10. The molecule has 1 aromatic carbocycles. The summed E-state index contributed by atoms with van der Waals surface area (Å²) in [5.41, 5.74) is 6.96. The monoisotopic (exact) mass is 367 g/mol. The molecular weight excluding hydrogens is 357 g/mol. The summed E-state index contributed by atoms with van der Waals surface area (Å²) in [6.45, 7) is 0. The van der Waals surface area contributed by atoms with Crippen molar-refractivity contribution in [2.24, 2.45) is 0 Å². The third kappa shape index (κ3) is 4.24. The lowest BCUT2D eigenvalue weighted by Crippen LogP contribution is -2.13. The van der Waals surface area contributed by atoms with Gasteiger partial charge in [-0.1, -0.05) is 23.1 Å². The minimum Gasteiger partial charge on any atom is -0.374 e. The van der Waals surface area contributed by atoms with Crippen molar-refractivity contribution in [2.75, 3.05) is 16.8 Å². The summed E-state index contributed by atoms with van der Waals surface area (Å²) in [5.74, 6) is -0.296. The number of nitrogen functional groups attached to an aromatic ring is 1. The Morgan fingerprint density at radius 2 is 2.09 bits per heavy atom. The SMILES string of the molecule is Nc1nnc(SCC(=O)Nc2nc(-c3ccc(F)cc3)cs2)s1. The molecule has 0 radical (unpaired) electrons. The van der Waals surface area contributed by atoms with Crippen LogP contribution in [0.5, 0.6) is 0 Å². The van der Waals surface area contributed by atoms with Crippen LogP contribution in [0.2, 0.25) is 0 Å². The first kappa shape index (κ1) is 15.8. The molecule has 0 aliphatic rings. The van der Waals surface area contributed by atoms with Gasteiger partial charge in [-0.3, -0.25) is 4.79 Å². The summed E-state index contributed by atoms with van der Waals surface area (Å²) >= 11 is 3.81. The molecule has 3 rings (SSSR count). The van der Waals surface area contributed by atoms with E-state index in [9.17, 15) is 9.18 Å². The summed E-state index contributed by atoms with van der Waals surface area (Å²) in [6.07, 6.45) is 0. The van der Waals surface area contributed by atoms with Gasteiger partial charge < -0.3 is 11.1 Å². The summed E-state index contributed by atoms with van der Waals surface area (Å²) in [5, 5.41) is 12.9. The van der Waals surface area contributed by atoms with Gasteiger partial charge in [0.15, 0.2) is 9.47 Å². The summed E-state index contributed by atoms with van der Waals surface area (Å²) in [6, 6.07) is 6.03. The van der Waals surface area contributed by atoms with Crippen LogP contribution >= 0.6 is 34.4 Å². The van der Waals surface area contributed by atoms with Crippen molar-refractivity contribution in [3.8, 4) is 11.3 Å². The van der Waals surface area contributed by atoms with E-state index in [4.69, 9.17) is 5.73 Å². The average Bonchev–Trinajstić information content (AvgIpc) is 3.15. The molecule has 0 aliphatic heterocycles. The fourth-order valence-corrected chi connectivity index (χ4v) is 3.82. The highest BCUT2D eigenvalue weighted by atomic mass is 32.2.